The van der Waals surface area contributed by atoms with E-state index in [2.05, 4.69) is 0 Å². The van der Waals surface area contributed by atoms with Gasteiger partial charge in [-0.25, -0.2) is 0 Å². The zero-order chi connectivity index (χ0) is 31.2. The molecule has 2 aliphatic rings. The predicted molar refractivity (Wildman–Crippen MR) is 140 cm³/mol. The lowest BCUT2D eigenvalue weighted by Crippen LogP contribution is -2.60. The minimum absolute atomic E-state index is 0.0217. The number of benzene rings is 2. The zero-order valence-corrected chi connectivity index (χ0v) is 22.1. The fourth-order valence-corrected chi connectivity index (χ4v) is 4.87. The van der Waals surface area contributed by atoms with Gasteiger partial charge in [0.15, 0.2) is 23.5 Å². The molecule has 16 heteroatoms. The van der Waals surface area contributed by atoms with Crippen LogP contribution in [-0.4, -0.2) is 120 Å². The molecule has 2 fully saturated rings. The topological polar surface area (TPSA) is 269 Å². The predicted octanol–water partition coefficient (Wildman–Crippen LogP) is -1.69. The van der Waals surface area contributed by atoms with Gasteiger partial charge in [0.1, 0.15) is 59.1 Å². The van der Waals surface area contributed by atoms with Crippen molar-refractivity contribution in [2.24, 2.45) is 0 Å². The van der Waals surface area contributed by atoms with Crippen molar-refractivity contribution in [3.8, 4) is 40.1 Å². The summed E-state index contributed by atoms with van der Waals surface area (Å²) in [7, 11) is 0. The van der Waals surface area contributed by atoms with Crippen molar-refractivity contribution >= 4 is 11.0 Å². The number of aliphatic hydroxyl groups excluding tert-OH is 6. The average molecular weight is 611 g/mol. The lowest BCUT2D eigenvalue weighted by molar-refractivity contribution is -0.302. The van der Waals surface area contributed by atoms with E-state index in [0.717, 1.165) is 24.3 Å². The van der Waals surface area contributed by atoms with E-state index in [4.69, 9.17) is 23.4 Å². The number of fused-ring (bicyclic) bond motifs is 1. The van der Waals surface area contributed by atoms with Crippen LogP contribution < -0.4 is 10.2 Å². The lowest BCUT2D eigenvalue weighted by Gasteiger charge is -2.41. The first-order valence-electron chi connectivity index (χ1n) is 13.0. The number of aliphatic hydroxyl groups is 6. The van der Waals surface area contributed by atoms with Crippen LogP contribution in [-0.2, 0) is 14.2 Å². The van der Waals surface area contributed by atoms with Gasteiger partial charge in [-0.15, -0.1) is 0 Å². The second-order valence-electron chi connectivity index (χ2n) is 10.2. The van der Waals surface area contributed by atoms with Crippen LogP contribution in [0.2, 0.25) is 0 Å². The molecule has 10 N–H and O–H groups in total. The van der Waals surface area contributed by atoms with Gasteiger partial charge >= 0.3 is 0 Å². The van der Waals surface area contributed by atoms with Gasteiger partial charge in [-0.2, -0.15) is 0 Å². The summed E-state index contributed by atoms with van der Waals surface area (Å²) >= 11 is 0. The van der Waals surface area contributed by atoms with Gasteiger partial charge in [0.2, 0.25) is 17.5 Å². The van der Waals surface area contributed by atoms with Crippen LogP contribution in [0.15, 0.2) is 39.5 Å². The van der Waals surface area contributed by atoms with Crippen molar-refractivity contribution < 1.29 is 74.4 Å². The van der Waals surface area contributed by atoms with Crippen LogP contribution >= 0.6 is 0 Å². The van der Waals surface area contributed by atoms with Crippen LogP contribution in [0.4, 0.5) is 0 Å². The van der Waals surface area contributed by atoms with Gasteiger partial charge < -0.3 is 74.4 Å². The van der Waals surface area contributed by atoms with Crippen molar-refractivity contribution in [3.05, 3.63) is 40.6 Å². The van der Waals surface area contributed by atoms with Crippen molar-refractivity contribution in [2.75, 3.05) is 13.2 Å². The summed E-state index contributed by atoms with van der Waals surface area (Å²) in [5, 5.41) is 101. The quantitative estimate of drug-likeness (QED) is 0.134. The van der Waals surface area contributed by atoms with Crippen LogP contribution in [0.1, 0.15) is 6.42 Å². The molecular weight excluding hydrogens is 580 g/mol. The van der Waals surface area contributed by atoms with Crippen LogP contribution in [0.3, 0.4) is 0 Å². The van der Waals surface area contributed by atoms with Crippen molar-refractivity contribution in [3.63, 3.8) is 0 Å². The molecule has 16 nitrogen and oxygen atoms in total. The normalized spacial score (nSPS) is 31.3. The molecule has 5 rings (SSSR count). The molecule has 2 unspecified atom stereocenters. The first-order chi connectivity index (χ1) is 20.4. The summed E-state index contributed by atoms with van der Waals surface area (Å²) in [5.74, 6) is -3.28. The summed E-state index contributed by atoms with van der Waals surface area (Å²) in [6.07, 6.45) is -14.0. The highest BCUT2D eigenvalue weighted by Gasteiger charge is 2.46. The molecular formula is C27H30O16. The Morgan fingerprint density at radius 2 is 1.56 bits per heavy atom. The number of hydrogen-bond acceptors (Lipinski definition) is 16. The van der Waals surface area contributed by atoms with E-state index < -0.39 is 108 Å². The third-order valence-electron chi connectivity index (χ3n) is 7.22. The minimum Gasteiger partial charge on any atom is -0.508 e. The smallest absolute Gasteiger partial charge is 0.239 e. The van der Waals surface area contributed by atoms with E-state index in [9.17, 15) is 55.9 Å². The number of aromatic hydroxyl groups is 4. The molecule has 0 radical (unpaired) electrons. The third-order valence-corrected chi connectivity index (χ3v) is 7.22. The summed E-state index contributed by atoms with van der Waals surface area (Å²) in [4.78, 5) is 13.6. The van der Waals surface area contributed by atoms with E-state index >= 15 is 0 Å². The summed E-state index contributed by atoms with van der Waals surface area (Å²) in [5.41, 5.74) is -1.32. The largest absolute Gasteiger partial charge is 0.508 e. The molecule has 0 bridgehead atoms. The Morgan fingerprint density at radius 1 is 0.814 bits per heavy atom. The highest BCUT2D eigenvalue weighted by atomic mass is 16.7. The van der Waals surface area contributed by atoms with E-state index in [1.165, 1.54) is 6.07 Å². The van der Waals surface area contributed by atoms with Gasteiger partial charge in [-0.3, -0.25) is 4.79 Å². The van der Waals surface area contributed by atoms with Crippen LogP contribution in [0.25, 0.3) is 22.3 Å². The van der Waals surface area contributed by atoms with E-state index in [1.54, 1.807) is 0 Å². The number of rotatable bonds is 7. The number of hydrogen-bond donors (Lipinski definition) is 10. The molecule has 0 aliphatic carbocycles. The van der Waals surface area contributed by atoms with E-state index in [1.807, 2.05) is 0 Å². The van der Waals surface area contributed by atoms with Crippen molar-refractivity contribution in [2.45, 2.75) is 61.7 Å². The molecule has 0 spiro atoms. The molecule has 0 amide bonds. The molecule has 3 heterocycles. The number of ether oxygens (including phenoxy) is 4. The van der Waals surface area contributed by atoms with Gasteiger partial charge in [0.05, 0.1) is 19.3 Å². The molecule has 2 aromatic carbocycles. The SMILES string of the molecule is O=c1c(OC2O[C@H](COC3C[C@H](O)[C@@H](O)[C@H](CO)O3)[C@@H](O)[C@H](O)[C@H]2O)c(-c2ccc(O)c(O)c2)oc2cc(O)cc(O)c12. The Balaban J connectivity index is 1.46. The Morgan fingerprint density at radius 3 is 2.26 bits per heavy atom. The monoisotopic (exact) mass is 610 g/mol. The number of phenolic OH excluding ortho intramolecular Hbond substituents is 4. The molecule has 3 aromatic rings. The highest BCUT2D eigenvalue weighted by molar-refractivity contribution is 5.88. The fourth-order valence-electron chi connectivity index (χ4n) is 4.87. The van der Waals surface area contributed by atoms with Crippen molar-refractivity contribution in [1.29, 1.82) is 0 Å². The first-order valence-corrected chi connectivity index (χ1v) is 13.0. The van der Waals surface area contributed by atoms with Gasteiger partial charge in [-0.1, -0.05) is 0 Å². The Hall–Kier alpha value is -3.71. The fraction of sp³-hybridized carbons (Fsp3) is 0.444. The Kier molecular flexibility index (Phi) is 8.66. The van der Waals surface area contributed by atoms with E-state index in [0.29, 0.717) is 0 Å². The molecule has 1 aromatic heterocycles. The van der Waals surface area contributed by atoms with Crippen LogP contribution in [0.5, 0.6) is 28.7 Å². The molecule has 2 aliphatic heterocycles. The average Bonchev–Trinajstić information content (AvgIpc) is 2.96. The molecule has 0 saturated carbocycles. The molecule has 43 heavy (non-hydrogen) atoms. The summed E-state index contributed by atoms with van der Waals surface area (Å²) in [6.45, 7) is -1.13. The highest BCUT2D eigenvalue weighted by Crippen LogP contribution is 2.39. The second-order valence-corrected chi connectivity index (χ2v) is 10.2. The maximum atomic E-state index is 13.6. The maximum Gasteiger partial charge on any atom is 0.239 e. The standard InChI is InChI=1S/C27H30O16/c28-7-16-20(34)14(33)6-18(40-16)39-8-17-21(35)23(37)24(38)27(42-17)43-26-22(36)19-13(32)4-10(29)5-15(19)41-25(26)9-1-2-11(30)12(31)3-9/h1-5,14,16-18,20-21,23-24,27-35,37-38H,6-8H2/t14-,16-,17+,18?,20+,21+,23-,24+,27?/m0/s1. The molecule has 234 valence electrons. The third kappa shape index (κ3) is 5.92. The zero-order valence-electron chi connectivity index (χ0n) is 22.1. The first kappa shape index (κ1) is 30.7. The minimum atomic E-state index is -1.95. The van der Waals surface area contributed by atoms with Gasteiger partial charge in [-0.05, 0) is 18.2 Å². The Bertz CT molecular complexity index is 1520. The summed E-state index contributed by atoms with van der Waals surface area (Å²) in [6, 6.07) is 5.27. The van der Waals surface area contributed by atoms with E-state index in [-0.39, 0.29) is 23.3 Å². The number of phenols is 4. The maximum absolute atomic E-state index is 13.6. The molecule has 2 saturated heterocycles. The lowest BCUT2D eigenvalue weighted by atomic mass is 9.99. The van der Waals surface area contributed by atoms with Crippen LogP contribution in [0, 0.1) is 0 Å². The Labute approximate surface area is 241 Å². The van der Waals surface area contributed by atoms with Crippen molar-refractivity contribution in [1.82, 2.24) is 0 Å². The van der Waals surface area contributed by atoms with Gasteiger partial charge in [0, 0.05) is 24.1 Å². The molecule has 9 atom stereocenters. The second kappa shape index (κ2) is 12.1. The summed E-state index contributed by atoms with van der Waals surface area (Å²) < 4.78 is 28.0. The van der Waals surface area contributed by atoms with Gasteiger partial charge in [0.25, 0.3) is 0 Å².